The van der Waals surface area contributed by atoms with Gasteiger partial charge in [-0.25, -0.2) is 0 Å². The predicted molar refractivity (Wildman–Crippen MR) is 40.1 cm³/mol. The van der Waals surface area contributed by atoms with Crippen LogP contribution in [-0.2, 0) is 0 Å². The second-order valence-corrected chi connectivity index (χ2v) is 6.18. The molecule has 0 N–H and O–H groups in total. The summed E-state index contributed by atoms with van der Waals surface area (Å²) in [5.41, 5.74) is 1.05. The third-order valence-electron chi connectivity index (χ3n) is 1.61. The van der Waals surface area contributed by atoms with E-state index in [4.69, 9.17) is 0 Å². The second-order valence-electron chi connectivity index (χ2n) is 2.29. The van der Waals surface area contributed by atoms with Crippen LogP contribution in [-0.4, -0.2) is 11.8 Å². The largest absolute Gasteiger partial charge is 0.0987 e. The summed E-state index contributed by atoms with van der Waals surface area (Å²) in [6.07, 6.45) is 1.51. The van der Waals surface area contributed by atoms with Gasteiger partial charge in [0.25, 0.3) is 0 Å². The Morgan fingerprint density at radius 2 is 2.14 bits per heavy atom. The maximum Gasteiger partial charge on any atom is -0.0199 e. The fraction of sp³-hybridized carbons (Fsp3) is 1.00. The van der Waals surface area contributed by atoms with Crippen molar-refractivity contribution in [2.75, 3.05) is 6.16 Å². The Morgan fingerprint density at radius 1 is 1.43 bits per heavy atom. The van der Waals surface area contributed by atoms with Crippen LogP contribution in [0.25, 0.3) is 0 Å². The highest BCUT2D eigenvalue weighted by atomic mass is 32.0. The molecule has 0 nitrogen and oxygen atoms in total. The van der Waals surface area contributed by atoms with Crippen LogP contribution < -0.4 is 0 Å². The van der Waals surface area contributed by atoms with Crippen molar-refractivity contribution < 1.29 is 0 Å². The minimum absolute atomic E-state index is 1.04. The zero-order chi connectivity index (χ0) is 5.28. The van der Waals surface area contributed by atoms with Gasteiger partial charge in [-0.3, -0.25) is 0 Å². The van der Waals surface area contributed by atoms with Crippen molar-refractivity contribution in [3.8, 4) is 0 Å². The lowest BCUT2D eigenvalue weighted by atomic mass is 10.1. The van der Waals surface area contributed by atoms with E-state index in [-0.39, 0.29) is 0 Å². The molecule has 0 aliphatic carbocycles. The molecule has 0 amide bonds. The smallest absolute Gasteiger partial charge is 0.0199 e. The highest BCUT2D eigenvalue weighted by molar-refractivity contribution is 8.12. The molecule has 0 radical (unpaired) electrons. The lowest BCUT2D eigenvalue weighted by Crippen LogP contribution is -2.02. The van der Waals surface area contributed by atoms with Crippen LogP contribution in [0.4, 0.5) is 0 Å². The lowest BCUT2D eigenvalue weighted by Gasteiger charge is -2.04. The van der Waals surface area contributed by atoms with E-state index >= 15 is 0 Å². The Labute approximate surface area is 48.9 Å². The standard InChI is InChI=1S/C5H12P2/c1-4-3-6-7-5(4)2/h4-7H,3H2,1-2H3. The third kappa shape index (κ3) is 1.37. The van der Waals surface area contributed by atoms with E-state index in [0.717, 1.165) is 11.6 Å². The average Bonchev–Trinajstić information content (AvgIpc) is 1.91. The molecular formula is C5H12P2. The van der Waals surface area contributed by atoms with E-state index in [1.54, 1.807) is 0 Å². The highest BCUT2D eigenvalue weighted by Crippen LogP contribution is 2.52. The fourth-order valence-corrected chi connectivity index (χ4v) is 5.59. The van der Waals surface area contributed by atoms with Crippen molar-refractivity contribution in [2.24, 2.45) is 5.92 Å². The van der Waals surface area contributed by atoms with Crippen molar-refractivity contribution in [1.82, 2.24) is 0 Å². The van der Waals surface area contributed by atoms with Crippen LogP contribution in [0.3, 0.4) is 0 Å². The first-order chi connectivity index (χ1) is 3.30. The molecule has 42 valence electrons. The molecule has 1 saturated heterocycles. The normalized spacial score (nSPS) is 48.9. The maximum atomic E-state index is 2.38. The summed E-state index contributed by atoms with van der Waals surface area (Å²) in [5.74, 6) is 1.04. The van der Waals surface area contributed by atoms with E-state index in [2.05, 4.69) is 13.8 Å². The summed E-state index contributed by atoms with van der Waals surface area (Å²) < 4.78 is 0. The molecule has 0 aromatic carbocycles. The zero-order valence-corrected chi connectivity index (χ0v) is 6.86. The summed E-state index contributed by atoms with van der Waals surface area (Å²) in [7, 11) is 2.59. The van der Waals surface area contributed by atoms with Gasteiger partial charge in [0.1, 0.15) is 0 Å². The lowest BCUT2D eigenvalue weighted by molar-refractivity contribution is 0.660. The van der Waals surface area contributed by atoms with Gasteiger partial charge in [-0.2, -0.15) is 0 Å². The fourth-order valence-electron chi connectivity index (χ4n) is 0.700. The Bertz CT molecular complexity index is 55.1. The van der Waals surface area contributed by atoms with Gasteiger partial charge in [-0.15, -0.1) is 0 Å². The molecule has 0 spiro atoms. The highest BCUT2D eigenvalue weighted by Gasteiger charge is 2.17. The molecule has 4 unspecified atom stereocenters. The zero-order valence-electron chi connectivity index (χ0n) is 4.86. The topological polar surface area (TPSA) is 0 Å². The predicted octanol–water partition coefficient (Wildman–Crippen LogP) is 2.30. The van der Waals surface area contributed by atoms with Crippen LogP contribution in [0, 0.1) is 5.92 Å². The van der Waals surface area contributed by atoms with E-state index in [0.29, 0.717) is 0 Å². The Kier molecular flexibility index (Phi) is 2.07. The van der Waals surface area contributed by atoms with Gasteiger partial charge < -0.3 is 0 Å². The van der Waals surface area contributed by atoms with Crippen LogP contribution in [0.15, 0.2) is 0 Å². The quantitative estimate of drug-likeness (QED) is 0.446. The maximum absolute atomic E-state index is 2.38. The minimum Gasteiger partial charge on any atom is -0.0987 e. The molecular weight excluding hydrogens is 122 g/mol. The van der Waals surface area contributed by atoms with Gasteiger partial charge in [0.05, 0.1) is 0 Å². The van der Waals surface area contributed by atoms with Crippen LogP contribution in [0.5, 0.6) is 0 Å². The van der Waals surface area contributed by atoms with Crippen molar-refractivity contribution >= 4 is 16.5 Å². The summed E-state index contributed by atoms with van der Waals surface area (Å²) in [4.78, 5) is 0. The van der Waals surface area contributed by atoms with Gasteiger partial charge in [-0.05, 0) is 17.7 Å². The van der Waals surface area contributed by atoms with Gasteiger partial charge in [0.2, 0.25) is 0 Å². The first kappa shape index (κ1) is 5.99. The second kappa shape index (κ2) is 2.42. The van der Waals surface area contributed by atoms with E-state index in [1.807, 2.05) is 0 Å². The van der Waals surface area contributed by atoms with Gasteiger partial charge in [0.15, 0.2) is 0 Å². The molecule has 1 rings (SSSR count). The summed E-state index contributed by atoms with van der Waals surface area (Å²) in [6.45, 7) is 4.75. The van der Waals surface area contributed by atoms with Crippen molar-refractivity contribution in [3.05, 3.63) is 0 Å². The Balaban J connectivity index is 2.33. The monoisotopic (exact) mass is 134 g/mol. The van der Waals surface area contributed by atoms with Crippen LogP contribution in [0.1, 0.15) is 13.8 Å². The Morgan fingerprint density at radius 3 is 2.29 bits per heavy atom. The van der Waals surface area contributed by atoms with E-state index < -0.39 is 0 Å². The number of hydrogen-bond acceptors (Lipinski definition) is 0. The number of hydrogen-bond donors (Lipinski definition) is 0. The average molecular weight is 134 g/mol. The molecule has 2 heteroatoms. The Hall–Kier alpha value is 0.860. The molecule has 1 aliphatic rings. The number of rotatable bonds is 0. The summed E-state index contributed by atoms with van der Waals surface area (Å²) in [5, 5.41) is 0. The molecule has 1 aliphatic heterocycles. The minimum atomic E-state index is 1.04. The molecule has 1 heterocycles. The molecule has 0 saturated carbocycles. The van der Waals surface area contributed by atoms with Gasteiger partial charge >= 0.3 is 0 Å². The van der Waals surface area contributed by atoms with Crippen molar-refractivity contribution in [3.63, 3.8) is 0 Å². The van der Waals surface area contributed by atoms with Gasteiger partial charge in [-0.1, -0.05) is 30.4 Å². The molecule has 0 aromatic heterocycles. The van der Waals surface area contributed by atoms with E-state index in [9.17, 15) is 0 Å². The first-order valence-corrected chi connectivity index (χ1v) is 6.07. The van der Waals surface area contributed by atoms with Crippen LogP contribution >= 0.6 is 16.5 Å². The summed E-state index contributed by atoms with van der Waals surface area (Å²) in [6, 6.07) is 0. The van der Waals surface area contributed by atoms with Crippen LogP contribution in [0.2, 0.25) is 0 Å². The van der Waals surface area contributed by atoms with E-state index in [1.165, 1.54) is 22.7 Å². The molecule has 0 aromatic rings. The third-order valence-corrected chi connectivity index (χ3v) is 6.27. The van der Waals surface area contributed by atoms with Crippen molar-refractivity contribution in [1.29, 1.82) is 0 Å². The summed E-state index contributed by atoms with van der Waals surface area (Å²) >= 11 is 0. The molecule has 4 atom stereocenters. The first-order valence-electron chi connectivity index (χ1n) is 2.79. The van der Waals surface area contributed by atoms with Gasteiger partial charge in [0, 0.05) is 0 Å². The SMILES string of the molecule is CC1CPPC1C. The van der Waals surface area contributed by atoms with Crippen molar-refractivity contribution in [2.45, 2.75) is 19.5 Å². The molecule has 1 fully saturated rings. The molecule has 0 bridgehead atoms. The molecule has 7 heavy (non-hydrogen) atoms.